The number of nitriles is 1. The van der Waals surface area contributed by atoms with E-state index in [9.17, 15) is 19.2 Å². The zero-order chi connectivity index (χ0) is 31.5. The molecule has 14 heteroatoms. The fraction of sp³-hybridized carbons (Fsp3) is 0.643. The number of aliphatic hydroxyl groups is 1. The summed E-state index contributed by atoms with van der Waals surface area (Å²) in [6.45, 7) is 11.3. The van der Waals surface area contributed by atoms with E-state index < -0.39 is 46.9 Å². The molecule has 0 bridgehead atoms. The Kier molecular flexibility index (Phi) is 13.0. The van der Waals surface area contributed by atoms with Gasteiger partial charge in [0.2, 0.25) is 11.9 Å². The minimum Gasteiger partial charge on any atom is -0.432 e. The van der Waals surface area contributed by atoms with Crippen molar-refractivity contribution in [1.82, 2.24) is 9.55 Å². The first kappa shape index (κ1) is 34.8. The fourth-order valence-electron chi connectivity index (χ4n) is 3.80. The number of fused-ring (bicyclic) bond motifs is 1. The van der Waals surface area contributed by atoms with Crippen LogP contribution in [0.2, 0.25) is 0 Å². The average molecular weight is 599 g/mol. The number of amides is 1. The molecular formula is C28H40F2N4O8. The van der Waals surface area contributed by atoms with E-state index in [2.05, 4.69) is 4.98 Å². The molecule has 12 nitrogen and oxygen atoms in total. The highest BCUT2D eigenvalue weighted by Crippen LogP contribution is 2.35. The number of hydrogen-bond donors (Lipinski definition) is 1. The maximum Gasteiger partial charge on any atom is 0.510 e. The third-order valence-corrected chi connectivity index (χ3v) is 5.56. The van der Waals surface area contributed by atoms with Crippen LogP contribution in [0.3, 0.4) is 0 Å². The molecule has 1 amide bonds. The van der Waals surface area contributed by atoms with Gasteiger partial charge in [-0.25, -0.2) is 23.5 Å². The van der Waals surface area contributed by atoms with Crippen molar-refractivity contribution in [3.63, 3.8) is 0 Å². The van der Waals surface area contributed by atoms with Crippen LogP contribution >= 0.6 is 0 Å². The van der Waals surface area contributed by atoms with E-state index in [0.29, 0.717) is 19.8 Å². The second-order valence-electron chi connectivity index (χ2n) is 11.4. The van der Waals surface area contributed by atoms with Gasteiger partial charge in [-0.3, -0.25) is 4.79 Å². The normalized spacial score (nSPS) is 11.9. The molecule has 1 N–H and O–H groups in total. The number of ether oxygens (including phenoxy) is 5. The molecular weight excluding hydrogens is 558 g/mol. The molecule has 0 radical (unpaired) electrons. The van der Waals surface area contributed by atoms with Gasteiger partial charge >= 0.3 is 6.16 Å². The number of imidazole rings is 1. The minimum absolute atomic E-state index is 0.00334. The SMILES string of the molecule is CC(C)(C)CC(=O)N(COC(=O)OCCOCCOCCOCCO)c1nc2c(F)cc(C#N)c(F)c2n1C(C)(C)C. The molecule has 0 fully saturated rings. The molecule has 0 saturated carbocycles. The maximum atomic E-state index is 15.3. The maximum absolute atomic E-state index is 15.3. The van der Waals surface area contributed by atoms with Gasteiger partial charge in [0.15, 0.2) is 18.4 Å². The lowest BCUT2D eigenvalue weighted by Crippen LogP contribution is -2.40. The van der Waals surface area contributed by atoms with Crippen LogP contribution in [0, 0.1) is 28.4 Å². The van der Waals surface area contributed by atoms with E-state index in [0.717, 1.165) is 11.0 Å². The highest BCUT2D eigenvalue weighted by Gasteiger charge is 2.34. The number of anilines is 1. The van der Waals surface area contributed by atoms with Crippen molar-refractivity contribution in [1.29, 1.82) is 5.26 Å². The van der Waals surface area contributed by atoms with E-state index in [1.54, 1.807) is 26.8 Å². The monoisotopic (exact) mass is 598 g/mol. The highest BCUT2D eigenvalue weighted by atomic mass is 19.1. The molecule has 0 unspecified atom stereocenters. The van der Waals surface area contributed by atoms with Crippen LogP contribution in [0.1, 0.15) is 53.5 Å². The predicted octanol–water partition coefficient (Wildman–Crippen LogP) is 3.86. The Balaban J connectivity index is 2.14. The van der Waals surface area contributed by atoms with Gasteiger partial charge < -0.3 is 33.4 Å². The van der Waals surface area contributed by atoms with Gasteiger partial charge in [-0.15, -0.1) is 0 Å². The van der Waals surface area contributed by atoms with E-state index in [4.69, 9.17) is 28.8 Å². The van der Waals surface area contributed by atoms with Crippen LogP contribution in [0.4, 0.5) is 19.5 Å². The second-order valence-corrected chi connectivity index (χ2v) is 11.4. The molecule has 1 aromatic carbocycles. The van der Waals surface area contributed by atoms with Gasteiger partial charge in [0, 0.05) is 12.0 Å². The number of hydrogen-bond acceptors (Lipinski definition) is 10. The molecule has 1 aromatic heterocycles. The Morgan fingerprint density at radius 1 is 0.976 bits per heavy atom. The Hall–Kier alpha value is -3.38. The van der Waals surface area contributed by atoms with Crippen LogP contribution in [-0.4, -0.2) is 86.3 Å². The third-order valence-electron chi connectivity index (χ3n) is 5.56. The predicted molar refractivity (Wildman–Crippen MR) is 148 cm³/mol. The van der Waals surface area contributed by atoms with Crippen molar-refractivity contribution in [2.45, 2.75) is 53.5 Å². The first-order valence-electron chi connectivity index (χ1n) is 13.5. The van der Waals surface area contributed by atoms with E-state index in [1.807, 2.05) is 20.8 Å². The van der Waals surface area contributed by atoms with E-state index in [1.165, 1.54) is 4.57 Å². The quantitative estimate of drug-likeness (QED) is 0.182. The molecule has 0 saturated heterocycles. The van der Waals surface area contributed by atoms with Gasteiger partial charge in [-0.05, 0) is 32.3 Å². The zero-order valence-corrected chi connectivity index (χ0v) is 25.0. The van der Waals surface area contributed by atoms with E-state index >= 15 is 4.39 Å². The number of aliphatic hydroxyl groups excluding tert-OH is 1. The Labute approximate surface area is 244 Å². The minimum atomic E-state index is -1.09. The Bertz CT molecular complexity index is 1250. The van der Waals surface area contributed by atoms with Crippen LogP contribution < -0.4 is 4.90 Å². The van der Waals surface area contributed by atoms with E-state index in [-0.39, 0.29) is 56.4 Å². The van der Waals surface area contributed by atoms with Gasteiger partial charge in [-0.2, -0.15) is 5.26 Å². The topological polar surface area (TPSA) is 145 Å². The number of halogens is 2. The lowest BCUT2D eigenvalue weighted by atomic mass is 9.92. The molecule has 234 valence electrons. The van der Waals surface area contributed by atoms with Gasteiger partial charge in [0.25, 0.3) is 0 Å². The Morgan fingerprint density at radius 3 is 2.07 bits per heavy atom. The summed E-state index contributed by atoms with van der Waals surface area (Å²) >= 11 is 0. The fourth-order valence-corrected chi connectivity index (χ4v) is 3.80. The number of nitrogens with zero attached hydrogens (tertiary/aromatic N) is 4. The Morgan fingerprint density at radius 2 is 1.55 bits per heavy atom. The van der Waals surface area contributed by atoms with Crippen molar-refractivity contribution >= 4 is 29.0 Å². The molecule has 2 rings (SSSR count). The van der Waals surface area contributed by atoms with Crippen molar-refractivity contribution in [2.24, 2.45) is 5.41 Å². The number of rotatable bonds is 15. The van der Waals surface area contributed by atoms with Crippen molar-refractivity contribution in [3.05, 3.63) is 23.3 Å². The van der Waals surface area contributed by atoms with Crippen LogP contribution in [0.25, 0.3) is 11.0 Å². The average Bonchev–Trinajstić information content (AvgIpc) is 3.30. The number of carbonyl (C=O) groups is 2. The summed E-state index contributed by atoms with van der Waals surface area (Å²) in [5.41, 5.74) is -2.58. The molecule has 1 heterocycles. The summed E-state index contributed by atoms with van der Waals surface area (Å²) in [6, 6.07) is 2.38. The smallest absolute Gasteiger partial charge is 0.432 e. The molecule has 0 aliphatic carbocycles. The van der Waals surface area contributed by atoms with Gasteiger partial charge in [0.1, 0.15) is 23.7 Å². The summed E-state index contributed by atoms with van der Waals surface area (Å²) in [6.07, 6.45) is -1.09. The largest absolute Gasteiger partial charge is 0.510 e. The first-order chi connectivity index (χ1) is 19.7. The highest BCUT2D eigenvalue weighted by molar-refractivity contribution is 5.94. The molecule has 0 atom stereocenters. The molecule has 2 aromatic rings. The molecule has 0 aliphatic heterocycles. The number of benzene rings is 1. The van der Waals surface area contributed by atoms with Crippen molar-refractivity contribution in [3.8, 4) is 6.07 Å². The molecule has 0 aliphatic rings. The number of aromatic nitrogens is 2. The number of carbonyl (C=O) groups excluding carboxylic acids is 2. The lowest BCUT2D eigenvalue weighted by Gasteiger charge is -2.30. The second kappa shape index (κ2) is 15.7. The summed E-state index contributed by atoms with van der Waals surface area (Å²) in [4.78, 5) is 31.0. The summed E-state index contributed by atoms with van der Waals surface area (Å²) in [5, 5.41) is 17.9. The zero-order valence-electron chi connectivity index (χ0n) is 25.0. The van der Waals surface area contributed by atoms with Gasteiger partial charge in [-0.1, -0.05) is 20.8 Å². The van der Waals surface area contributed by atoms with Gasteiger partial charge in [0.05, 0.1) is 51.8 Å². The van der Waals surface area contributed by atoms with Crippen LogP contribution in [-0.2, 0) is 34.0 Å². The molecule has 42 heavy (non-hydrogen) atoms. The van der Waals surface area contributed by atoms with Crippen molar-refractivity contribution in [2.75, 3.05) is 64.5 Å². The standard InChI is InChI=1S/C28H40F2N4O8/c1-27(2,3)16-21(36)33(18-42-26(37)41-14-13-40-12-11-39-10-9-38-8-7-35)25-32-23-20(29)15-19(17-31)22(30)24(23)34(25)28(4,5)6/h15,35H,7-14,16,18H2,1-6H3. The van der Waals surface area contributed by atoms with Crippen LogP contribution in [0.15, 0.2) is 6.07 Å². The summed E-state index contributed by atoms with van der Waals surface area (Å²) in [5.74, 6) is -2.58. The first-order valence-corrected chi connectivity index (χ1v) is 13.5. The lowest BCUT2D eigenvalue weighted by molar-refractivity contribution is -0.121. The van der Waals surface area contributed by atoms with Crippen molar-refractivity contribution < 1.29 is 47.2 Å². The summed E-state index contributed by atoms with van der Waals surface area (Å²) < 4.78 is 57.5. The third kappa shape index (κ3) is 10.2. The molecule has 0 spiro atoms. The van der Waals surface area contributed by atoms with Crippen LogP contribution in [0.5, 0.6) is 0 Å². The summed E-state index contributed by atoms with van der Waals surface area (Å²) in [7, 11) is 0.